The van der Waals surface area contributed by atoms with Crippen LogP contribution in [0.15, 0.2) is 34.5 Å². The van der Waals surface area contributed by atoms with Gasteiger partial charge in [-0.2, -0.15) is 13.2 Å². The van der Waals surface area contributed by atoms with Gasteiger partial charge in [-0.25, -0.2) is 0 Å². The number of oxime groups is 1. The second-order valence-corrected chi connectivity index (χ2v) is 5.97. The third-order valence-corrected chi connectivity index (χ3v) is 4.20. The lowest BCUT2D eigenvalue weighted by molar-refractivity contribution is -0.137. The average Bonchev–Trinajstić information content (AvgIpc) is 2.94. The first-order chi connectivity index (χ1) is 11.3. The lowest BCUT2D eigenvalue weighted by Gasteiger charge is -2.18. The van der Waals surface area contributed by atoms with Crippen LogP contribution in [0.3, 0.4) is 0 Å². The van der Waals surface area contributed by atoms with E-state index < -0.39 is 17.7 Å². The van der Waals surface area contributed by atoms with Gasteiger partial charge in [-0.05, 0) is 30.7 Å². The molecule has 0 bridgehead atoms. The maximum Gasteiger partial charge on any atom is 0.416 e. The summed E-state index contributed by atoms with van der Waals surface area (Å²) in [7, 11) is 1.32. The summed E-state index contributed by atoms with van der Waals surface area (Å²) < 4.78 is 42.8. The third kappa shape index (κ3) is 4.67. The summed E-state index contributed by atoms with van der Waals surface area (Å²) in [6.07, 6.45) is -1.68. The number of carbonyl (C=O) groups excluding carboxylic acids is 1. The number of ether oxygens (including phenoxy) is 1. The highest BCUT2D eigenvalue weighted by Gasteiger charge is 2.31. The van der Waals surface area contributed by atoms with Crippen molar-refractivity contribution in [3.8, 4) is 0 Å². The molecule has 0 atom stereocenters. The minimum absolute atomic E-state index is 0.0522. The van der Waals surface area contributed by atoms with Crippen LogP contribution in [-0.2, 0) is 20.5 Å². The number of benzene rings is 1. The number of alkyl halides is 3. The van der Waals surface area contributed by atoms with E-state index in [1.54, 1.807) is 18.0 Å². The van der Waals surface area contributed by atoms with Gasteiger partial charge >= 0.3 is 12.1 Å². The van der Waals surface area contributed by atoms with Gasteiger partial charge in [0.05, 0.1) is 17.9 Å². The third-order valence-electron chi connectivity index (χ3n) is 3.17. The molecule has 0 radical (unpaired) electrons. The smallest absolute Gasteiger partial charge is 0.411 e. The van der Waals surface area contributed by atoms with Crippen molar-refractivity contribution in [2.45, 2.75) is 19.5 Å². The predicted octanol–water partition coefficient (Wildman–Crippen LogP) is 3.89. The van der Waals surface area contributed by atoms with Crippen LogP contribution in [0.2, 0.25) is 0 Å². The Labute approximate surface area is 141 Å². The van der Waals surface area contributed by atoms with Crippen LogP contribution >= 0.6 is 11.8 Å². The van der Waals surface area contributed by atoms with Gasteiger partial charge < -0.3 is 14.5 Å². The van der Waals surface area contributed by atoms with Crippen molar-refractivity contribution in [1.82, 2.24) is 0 Å². The lowest BCUT2D eigenvalue weighted by Crippen LogP contribution is -2.13. The molecule has 24 heavy (non-hydrogen) atoms. The Morgan fingerprint density at radius 2 is 2.21 bits per heavy atom. The topological polar surface area (TPSA) is 51.1 Å². The molecule has 0 spiro atoms. The Kier molecular flexibility index (Phi) is 5.76. The second-order valence-electron chi connectivity index (χ2n) is 4.90. The monoisotopic (exact) mass is 360 g/mol. The predicted molar refractivity (Wildman–Crippen MR) is 85.4 cm³/mol. The summed E-state index contributed by atoms with van der Waals surface area (Å²) in [5.41, 5.74) is 0.498. The maximum atomic E-state index is 12.7. The summed E-state index contributed by atoms with van der Waals surface area (Å²) in [4.78, 5) is 18.5. The summed E-state index contributed by atoms with van der Waals surface area (Å²) in [6.45, 7) is 1.62. The van der Waals surface area contributed by atoms with Gasteiger partial charge in [0, 0.05) is 16.8 Å². The second kappa shape index (κ2) is 7.61. The quantitative estimate of drug-likeness (QED) is 0.345. The first-order valence-electron chi connectivity index (χ1n) is 6.83. The van der Waals surface area contributed by atoms with Crippen LogP contribution in [0, 0.1) is 6.92 Å². The summed E-state index contributed by atoms with van der Waals surface area (Å²) in [6, 6.07) is 3.59. The number of anilines is 1. The molecule has 1 aromatic rings. The molecule has 2 rings (SSSR count). The molecule has 0 saturated carbocycles. The number of esters is 1. The first-order valence-corrected chi connectivity index (χ1v) is 7.82. The number of halogens is 3. The highest BCUT2D eigenvalue weighted by molar-refractivity contribution is 8.03. The Bertz CT molecular complexity index is 674. The van der Waals surface area contributed by atoms with E-state index in [1.807, 2.05) is 0 Å². The average molecular weight is 360 g/mol. The number of rotatable bonds is 5. The Balaban J connectivity index is 2.05. The fourth-order valence-corrected chi connectivity index (χ4v) is 3.04. The van der Waals surface area contributed by atoms with Crippen LogP contribution in [0.4, 0.5) is 18.9 Å². The molecular formula is C15H15F3N2O3S. The van der Waals surface area contributed by atoms with Crippen molar-refractivity contribution in [3.63, 3.8) is 0 Å². The van der Waals surface area contributed by atoms with E-state index in [0.29, 0.717) is 17.1 Å². The van der Waals surface area contributed by atoms with Gasteiger partial charge in [0.2, 0.25) is 6.40 Å². The van der Waals surface area contributed by atoms with Crippen molar-refractivity contribution in [2.24, 2.45) is 5.16 Å². The van der Waals surface area contributed by atoms with Gasteiger partial charge in [-0.1, -0.05) is 5.16 Å². The number of hydrogen-bond acceptors (Lipinski definition) is 6. The lowest BCUT2D eigenvalue weighted by atomic mass is 10.1. The molecule has 1 aliphatic heterocycles. The van der Waals surface area contributed by atoms with Crippen LogP contribution in [0.1, 0.15) is 17.5 Å². The Hall–Kier alpha value is -2.16. The Morgan fingerprint density at radius 3 is 2.83 bits per heavy atom. The molecule has 130 valence electrons. The van der Waals surface area contributed by atoms with E-state index in [4.69, 9.17) is 4.74 Å². The van der Waals surface area contributed by atoms with E-state index in [-0.39, 0.29) is 6.42 Å². The molecule has 0 N–H and O–H groups in total. The minimum Gasteiger partial charge on any atom is -0.411 e. The van der Waals surface area contributed by atoms with Gasteiger partial charge in [0.25, 0.3) is 0 Å². The summed E-state index contributed by atoms with van der Waals surface area (Å²) in [5, 5.41) is 3.29. The van der Waals surface area contributed by atoms with Crippen LogP contribution in [0.5, 0.6) is 0 Å². The molecule has 5 nitrogen and oxygen atoms in total. The van der Waals surface area contributed by atoms with E-state index in [0.717, 1.165) is 23.4 Å². The number of aryl methyl sites for hydroxylation is 1. The zero-order valence-corrected chi connectivity index (χ0v) is 13.8. The number of hydrogen-bond donors (Lipinski definition) is 0. The van der Waals surface area contributed by atoms with E-state index in [1.165, 1.54) is 24.9 Å². The molecule has 0 unspecified atom stereocenters. The maximum absolute atomic E-state index is 12.7. The van der Waals surface area contributed by atoms with Crippen LogP contribution in [0.25, 0.3) is 0 Å². The number of thioether (sulfide) groups is 1. The molecule has 0 aliphatic carbocycles. The van der Waals surface area contributed by atoms with Crippen molar-refractivity contribution in [3.05, 3.63) is 40.4 Å². The SMILES string of the molecule is CON=COC(=O)CC1=CN(c2ccc(C(F)(F)F)cc2C)CS1. The molecule has 1 aromatic carbocycles. The van der Waals surface area contributed by atoms with Crippen molar-refractivity contribution in [1.29, 1.82) is 0 Å². The number of nitrogens with zero attached hydrogens (tertiary/aromatic N) is 2. The highest BCUT2D eigenvalue weighted by atomic mass is 32.2. The van der Waals surface area contributed by atoms with E-state index in [9.17, 15) is 18.0 Å². The fourth-order valence-electron chi connectivity index (χ4n) is 2.10. The van der Waals surface area contributed by atoms with Gasteiger partial charge in [-0.15, -0.1) is 11.8 Å². The normalized spacial score (nSPS) is 14.9. The number of carbonyl (C=O) groups is 1. The van der Waals surface area contributed by atoms with Gasteiger partial charge in [0.1, 0.15) is 7.11 Å². The van der Waals surface area contributed by atoms with Crippen molar-refractivity contribution >= 4 is 29.8 Å². The largest absolute Gasteiger partial charge is 0.416 e. The highest BCUT2D eigenvalue weighted by Crippen LogP contribution is 2.36. The van der Waals surface area contributed by atoms with Gasteiger partial charge in [0.15, 0.2) is 0 Å². The molecular weight excluding hydrogens is 345 g/mol. The standard InChI is InChI=1S/C15H15F3N2O3S/c1-10-5-11(15(16,17)18)3-4-13(10)20-7-12(24-9-20)6-14(21)23-8-19-22-2/h3-5,7-8H,6,9H2,1-2H3. The zero-order valence-electron chi connectivity index (χ0n) is 13.0. The van der Waals surface area contributed by atoms with Crippen molar-refractivity contribution in [2.75, 3.05) is 17.9 Å². The molecule has 0 fully saturated rings. The fraction of sp³-hybridized carbons (Fsp3) is 0.333. The van der Waals surface area contributed by atoms with Crippen molar-refractivity contribution < 1.29 is 27.5 Å². The minimum atomic E-state index is -4.36. The first kappa shape index (κ1) is 18.2. The molecule has 0 saturated heterocycles. The molecule has 0 aromatic heterocycles. The molecule has 9 heteroatoms. The molecule has 0 amide bonds. The van der Waals surface area contributed by atoms with Crippen LogP contribution < -0.4 is 4.90 Å². The van der Waals surface area contributed by atoms with Gasteiger partial charge in [-0.3, -0.25) is 4.79 Å². The Morgan fingerprint density at radius 1 is 1.46 bits per heavy atom. The van der Waals surface area contributed by atoms with Crippen LogP contribution in [-0.4, -0.2) is 25.4 Å². The zero-order chi connectivity index (χ0) is 17.7. The molecule has 1 heterocycles. The summed E-state index contributed by atoms with van der Waals surface area (Å²) >= 11 is 1.42. The summed E-state index contributed by atoms with van der Waals surface area (Å²) in [5.74, 6) is 0.0154. The molecule has 1 aliphatic rings. The van der Waals surface area contributed by atoms with E-state index in [2.05, 4.69) is 9.99 Å². The van der Waals surface area contributed by atoms with E-state index >= 15 is 0 Å².